The molecule has 0 N–H and O–H groups in total. The van der Waals surface area contributed by atoms with Gasteiger partial charge in [0.1, 0.15) is 12.4 Å². The van der Waals surface area contributed by atoms with Gasteiger partial charge in [-0.15, -0.1) is 0 Å². The van der Waals surface area contributed by atoms with Crippen molar-refractivity contribution in [3.8, 4) is 5.75 Å². The monoisotopic (exact) mass is 680 g/mol. The third-order valence-corrected chi connectivity index (χ3v) is 8.40. The predicted octanol–water partition coefficient (Wildman–Crippen LogP) is 9.87. The summed E-state index contributed by atoms with van der Waals surface area (Å²) in [5.74, 6) is 0.465. The van der Waals surface area contributed by atoms with Crippen molar-refractivity contribution in [2.45, 2.75) is 20.5 Å². The zero-order valence-electron chi connectivity index (χ0n) is 21.1. The summed E-state index contributed by atoms with van der Waals surface area (Å²) >= 11 is 14.9. The number of aryl methyl sites for hydroxylation is 2. The van der Waals surface area contributed by atoms with E-state index in [0.29, 0.717) is 20.8 Å². The normalized spacial score (nSPS) is 15.4. The Morgan fingerprint density at radius 3 is 2.31 bits per heavy atom. The van der Waals surface area contributed by atoms with Crippen molar-refractivity contribution in [2.24, 2.45) is 4.99 Å². The molecule has 0 saturated carbocycles. The number of carbonyl (C=O) groups is 1. The molecule has 1 heterocycles. The van der Waals surface area contributed by atoms with Gasteiger partial charge in [-0.1, -0.05) is 81.1 Å². The molecule has 0 bridgehead atoms. The fraction of sp³-hybridized carbons (Fsp3) is 0.0968. The molecular weight excluding hydrogens is 660 g/mol. The van der Waals surface area contributed by atoms with Gasteiger partial charge < -0.3 is 4.74 Å². The number of nitrogens with zero attached hydrogens (tertiary/aromatic N) is 2. The van der Waals surface area contributed by atoms with E-state index in [9.17, 15) is 4.79 Å². The van der Waals surface area contributed by atoms with E-state index in [4.69, 9.17) is 21.3 Å². The van der Waals surface area contributed by atoms with Crippen LogP contribution in [0.25, 0.3) is 6.08 Å². The third-order valence-electron chi connectivity index (χ3n) is 6.01. The highest BCUT2D eigenvalue weighted by molar-refractivity contribution is 9.11. The molecule has 196 valence electrons. The van der Waals surface area contributed by atoms with Gasteiger partial charge >= 0.3 is 0 Å². The van der Waals surface area contributed by atoms with Crippen molar-refractivity contribution in [1.82, 2.24) is 0 Å². The number of thioether (sulfide) groups is 1. The third kappa shape index (κ3) is 6.49. The van der Waals surface area contributed by atoms with E-state index in [0.717, 1.165) is 42.6 Å². The van der Waals surface area contributed by atoms with Crippen molar-refractivity contribution in [3.05, 3.63) is 126 Å². The number of aliphatic imine (C=N–C) groups is 1. The highest BCUT2D eigenvalue weighted by Crippen LogP contribution is 2.41. The van der Waals surface area contributed by atoms with Crippen LogP contribution in [0, 0.1) is 13.8 Å². The Bertz CT molecular complexity index is 1600. The quantitative estimate of drug-likeness (QED) is 0.190. The summed E-state index contributed by atoms with van der Waals surface area (Å²) in [6, 6.07) is 27.2. The van der Waals surface area contributed by atoms with Crippen LogP contribution in [0.3, 0.4) is 0 Å². The lowest BCUT2D eigenvalue weighted by Gasteiger charge is -2.16. The number of benzene rings is 4. The van der Waals surface area contributed by atoms with Crippen LogP contribution in [0.15, 0.2) is 104 Å². The van der Waals surface area contributed by atoms with Crippen molar-refractivity contribution in [2.75, 3.05) is 4.90 Å². The maximum Gasteiger partial charge on any atom is 0.271 e. The van der Waals surface area contributed by atoms with Gasteiger partial charge in [0.2, 0.25) is 0 Å². The first-order chi connectivity index (χ1) is 18.8. The standard InChI is InChI=1S/C31H23Br2ClN2O2S/c1-19-7-11-24(12-8-19)35-31-36(25-13-9-20(2)10-14-25)30(37)28(39-31)16-22-15-23(32)17-26(33)29(22)38-18-21-5-3-4-6-27(21)34/h3-17H,18H2,1-2H3/b28-16-,35-31?. The summed E-state index contributed by atoms with van der Waals surface area (Å²) in [6.45, 7) is 4.34. The molecule has 8 heteroatoms. The van der Waals surface area contributed by atoms with E-state index >= 15 is 0 Å². The molecule has 4 aromatic carbocycles. The molecule has 4 aromatic rings. The Morgan fingerprint density at radius 1 is 0.949 bits per heavy atom. The van der Waals surface area contributed by atoms with Gasteiger partial charge in [0, 0.05) is 20.6 Å². The Hall–Kier alpha value is -2.84. The van der Waals surface area contributed by atoms with Gasteiger partial charge in [0.05, 0.1) is 20.8 Å². The second-order valence-electron chi connectivity index (χ2n) is 9.00. The van der Waals surface area contributed by atoms with Crippen LogP contribution in [-0.2, 0) is 11.4 Å². The summed E-state index contributed by atoms with van der Waals surface area (Å²) in [6.07, 6.45) is 1.85. The summed E-state index contributed by atoms with van der Waals surface area (Å²) in [4.78, 5) is 20.9. The van der Waals surface area contributed by atoms with E-state index < -0.39 is 0 Å². The highest BCUT2D eigenvalue weighted by atomic mass is 79.9. The molecule has 1 amide bonds. The minimum atomic E-state index is -0.150. The Morgan fingerprint density at radius 2 is 1.62 bits per heavy atom. The Kier molecular flexibility index (Phi) is 8.62. The fourth-order valence-corrected chi connectivity index (χ4v) is 6.50. The largest absolute Gasteiger partial charge is 0.487 e. The smallest absolute Gasteiger partial charge is 0.271 e. The van der Waals surface area contributed by atoms with Crippen LogP contribution >= 0.6 is 55.2 Å². The van der Waals surface area contributed by atoms with Gasteiger partial charge in [-0.2, -0.15) is 0 Å². The first-order valence-corrected chi connectivity index (χ1v) is 14.9. The van der Waals surface area contributed by atoms with Crippen LogP contribution < -0.4 is 9.64 Å². The van der Waals surface area contributed by atoms with Crippen LogP contribution in [0.4, 0.5) is 11.4 Å². The van der Waals surface area contributed by atoms with Crippen molar-refractivity contribution < 1.29 is 9.53 Å². The number of amides is 1. The predicted molar refractivity (Wildman–Crippen MR) is 170 cm³/mol. The summed E-state index contributed by atoms with van der Waals surface area (Å²) in [5, 5.41) is 1.23. The molecule has 0 atom stereocenters. The van der Waals surface area contributed by atoms with Gasteiger partial charge in [0.25, 0.3) is 5.91 Å². The number of anilines is 1. The first-order valence-electron chi connectivity index (χ1n) is 12.1. The molecule has 1 aliphatic rings. The van der Waals surface area contributed by atoms with Gasteiger partial charge in [-0.25, -0.2) is 4.99 Å². The average Bonchev–Trinajstić information content (AvgIpc) is 3.20. The van der Waals surface area contributed by atoms with Gasteiger partial charge in [-0.05, 0) is 90.1 Å². The summed E-state index contributed by atoms with van der Waals surface area (Å²) in [5.41, 5.74) is 5.43. The summed E-state index contributed by atoms with van der Waals surface area (Å²) < 4.78 is 7.84. The average molecular weight is 683 g/mol. The molecule has 4 nitrogen and oxygen atoms in total. The Balaban J connectivity index is 1.54. The number of ether oxygens (including phenoxy) is 1. The Labute approximate surface area is 254 Å². The molecule has 0 aliphatic carbocycles. The molecule has 0 aromatic heterocycles. The molecule has 0 radical (unpaired) electrons. The van der Waals surface area contributed by atoms with E-state index in [1.807, 2.05) is 105 Å². The maximum absolute atomic E-state index is 13.8. The molecular formula is C31H23Br2ClN2O2S. The lowest BCUT2D eigenvalue weighted by atomic mass is 10.1. The molecule has 39 heavy (non-hydrogen) atoms. The first kappa shape index (κ1) is 27.7. The number of carbonyl (C=O) groups excluding carboxylic acids is 1. The number of amidine groups is 1. The number of rotatable bonds is 6. The second kappa shape index (κ2) is 12.1. The number of hydrogen-bond acceptors (Lipinski definition) is 4. The molecule has 1 saturated heterocycles. The van der Waals surface area contributed by atoms with Gasteiger partial charge in [-0.3, -0.25) is 9.69 Å². The van der Waals surface area contributed by atoms with E-state index in [1.54, 1.807) is 4.90 Å². The van der Waals surface area contributed by atoms with Crippen LogP contribution in [-0.4, -0.2) is 11.1 Å². The molecule has 1 aliphatic heterocycles. The van der Waals surface area contributed by atoms with Crippen LogP contribution in [0.2, 0.25) is 5.02 Å². The van der Waals surface area contributed by atoms with E-state index in [-0.39, 0.29) is 12.5 Å². The van der Waals surface area contributed by atoms with E-state index in [2.05, 4.69) is 31.9 Å². The molecule has 0 spiro atoms. The molecule has 5 rings (SSSR count). The van der Waals surface area contributed by atoms with E-state index in [1.165, 1.54) is 11.8 Å². The maximum atomic E-state index is 13.8. The minimum Gasteiger partial charge on any atom is -0.487 e. The second-order valence-corrected chi connectivity index (χ2v) is 12.2. The van der Waals surface area contributed by atoms with Crippen molar-refractivity contribution in [1.29, 1.82) is 0 Å². The molecule has 1 fully saturated rings. The SMILES string of the molecule is Cc1ccc(N=C2S/C(=C\c3cc(Br)cc(Br)c3OCc3ccccc3Cl)C(=O)N2c2ccc(C)cc2)cc1. The zero-order chi connectivity index (χ0) is 27.5. The van der Waals surface area contributed by atoms with Crippen LogP contribution in [0.5, 0.6) is 5.75 Å². The fourth-order valence-electron chi connectivity index (χ4n) is 3.95. The lowest BCUT2D eigenvalue weighted by Crippen LogP contribution is -2.28. The minimum absolute atomic E-state index is 0.150. The van der Waals surface area contributed by atoms with Crippen molar-refractivity contribution >= 4 is 83.7 Å². The van der Waals surface area contributed by atoms with Gasteiger partial charge in [0.15, 0.2) is 5.17 Å². The number of hydrogen-bond donors (Lipinski definition) is 0. The van der Waals surface area contributed by atoms with Crippen molar-refractivity contribution in [3.63, 3.8) is 0 Å². The topological polar surface area (TPSA) is 41.9 Å². The van der Waals surface area contributed by atoms with Crippen LogP contribution in [0.1, 0.15) is 22.3 Å². The lowest BCUT2D eigenvalue weighted by molar-refractivity contribution is -0.113. The summed E-state index contributed by atoms with van der Waals surface area (Å²) in [7, 11) is 0. The molecule has 0 unspecified atom stereocenters. The zero-order valence-corrected chi connectivity index (χ0v) is 25.9. The highest BCUT2D eigenvalue weighted by Gasteiger charge is 2.35. The number of halogens is 3.